The number of rotatable bonds is 2. The first kappa shape index (κ1) is 14.3. The van der Waals surface area contributed by atoms with Crippen LogP contribution in [0, 0.1) is 11.6 Å². The molecule has 1 amide bonds. The van der Waals surface area contributed by atoms with Gasteiger partial charge in [-0.25, -0.2) is 8.78 Å². The third-order valence-electron chi connectivity index (χ3n) is 4.35. The Bertz CT molecular complexity index is 565. The highest BCUT2D eigenvalue weighted by molar-refractivity contribution is 5.97. The third-order valence-corrected chi connectivity index (χ3v) is 4.35. The molecule has 6 heteroatoms. The molecule has 1 unspecified atom stereocenters. The Hall–Kier alpha value is -1.69. The van der Waals surface area contributed by atoms with Crippen molar-refractivity contribution in [1.82, 2.24) is 9.80 Å². The van der Waals surface area contributed by atoms with E-state index in [0.29, 0.717) is 19.1 Å². The van der Waals surface area contributed by atoms with Crippen molar-refractivity contribution in [3.8, 4) is 5.75 Å². The molecule has 1 aromatic carbocycles. The van der Waals surface area contributed by atoms with Crippen LogP contribution in [0.2, 0.25) is 0 Å². The predicted octanol–water partition coefficient (Wildman–Crippen LogP) is 1.89. The van der Waals surface area contributed by atoms with E-state index < -0.39 is 17.5 Å². The molecule has 0 saturated carbocycles. The number of hydrogen-bond acceptors (Lipinski definition) is 3. The van der Waals surface area contributed by atoms with E-state index in [9.17, 15) is 13.6 Å². The molecular formula is C15H18F2N2O2. The molecule has 0 spiro atoms. The highest BCUT2D eigenvalue weighted by Gasteiger charge is 2.34. The molecule has 0 bridgehead atoms. The van der Waals surface area contributed by atoms with Gasteiger partial charge in [-0.2, -0.15) is 0 Å². The van der Waals surface area contributed by atoms with Gasteiger partial charge >= 0.3 is 0 Å². The van der Waals surface area contributed by atoms with Crippen LogP contribution in [0.5, 0.6) is 5.75 Å². The third kappa shape index (κ3) is 2.48. The summed E-state index contributed by atoms with van der Waals surface area (Å²) in [5.41, 5.74) is -0.302. The second kappa shape index (κ2) is 5.60. The van der Waals surface area contributed by atoms with Crippen molar-refractivity contribution < 1.29 is 18.3 Å². The largest absolute Gasteiger partial charge is 0.493 e. The Morgan fingerprint density at radius 3 is 2.76 bits per heavy atom. The lowest BCUT2D eigenvalue weighted by Crippen LogP contribution is -2.52. The van der Waals surface area contributed by atoms with Crippen molar-refractivity contribution in [3.63, 3.8) is 0 Å². The van der Waals surface area contributed by atoms with Crippen LogP contribution in [0.1, 0.15) is 23.2 Å². The van der Waals surface area contributed by atoms with Gasteiger partial charge < -0.3 is 9.64 Å². The van der Waals surface area contributed by atoms with Gasteiger partial charge in [0.1, 0.15) is 11.4 Å². The first-order chi connectivity index (χ1) is 10.1. The van der Waals surface area contributed by atoms with Crippen molar-refractivity contribution in [2.75, 3.05) is 33.3 Å². The maximum absolute atomic E-state index is 14.0. The summed E-state index contributed by atoms with van der Waals surface area (Å²) in [7, 11) is 1.24. The number of amides is 1. The number of carbonyl (C=O) groups excluding carboxylic acids is 1. The topological polar surface area (TPSA) is 32.8 Å². The fourth-order valence-electron chi connectivity index (χ4n) is 3.27. The molecule has 2 heterocycles. The van der Waals surface area contributed by atoms with Crippen molar-refractivity contribution in [1.29, 1.82) is 0 Å². The molecule has 0 radical (unpaired) electrons. The Morgan fingerprint density at radius 1 is 1.24 bits per heavy atom. The fraction of sp³-hybridized carbons (Fsp3) is 0.533. The number of piperazine rings is 1. The van der Waals surface area contributed by atoms with Gasteiger partial charge in [-0.1, -0.05) is 0 Å². The SMILES string of the molecule is COc1c(F)ccc(F)c1C(=O)N1CCN2CCCC2C1. The maximum Gasteiger partial charge on any atom is 0.260 e. The van der Waals surface area contributed by atoms with E-state index in [1.165, 1.54) is 7.11 Å². The molecule has 114 valence electrons. The molecular weight excluding hydrogens is 278 g/mol. The zero-order chi connectivity index (χ0) is 15.0. The fourth-order valence-corrected chi connectivity index (χ4v) is 3.27. The van der Waals surface area contributed by atoms with Gasteiger partial charge in [0.2, 0.25) is 0 Å². The molecule has 2 saturated heterocycles. The number of ether oxygens (including phenoxy) is 1. The number of benzene rings is 1. The van der Waals surface area contributed by atoms with Gasteiger partial charge in [-0.3, -0.25) is 9.69 Å². The molecule has 4 nitrogen and oxygen atoms in total. The molecule has 2 aliphatic rings. The van der Waals surface area contributed by atoms with E-state index >= 15 is 0 Å². The number of hydrogen-bond donors (Lipinski definition) is 0. The standard InChI is InChI=1S/C15H18F2N2O2/c1-21-14-12(17)5-4-11(16)13(14)15(20)19-8-7-18-6-2-3-10(18)9-19/h4-5,10H,2-3,6-9H2,1H3. The number of carbonyl (C=O) groups is 1. The minimum Gasteiger partial charge on any atom is -0.493 e. The molecule has 0 N–H and O–H groups in total. The van der Waals surface area contributed by atoms with Crippen LogP contribution in [0.15, 0.2) is 12.1 Å². The van der Waals surface area contributed by atoms with Gasteiger partial charge in [0.25, 0.3) is 5.91 Å². The van der Waals surface area contributed by atoms with Gasteiger partial charge in [0, 0.05) is 25.7 Å². The molecule has 1 aromatic rings. The second-order valence-electron chi connectivity index (χ2n) is 5.52. The van der Waals surface area contributed by atoms with Crippen LogP contribution in [0.3, 0.4) is 0 Å². The summed E-state index contributed by atoms with van der Waals surface area (Å²) in [5, 5.41) is 0. The average Bonchev–Trinajstić information content (AvgIpc) is 2.96. The normalized spacial score (nSPS) is 22.2. The van der Waals surface area contributed by atoms with Crippen molar-refractivity contribution in [2.45, 2.75) is 18.9 Å². The summed E-state index contributed by atoms with van der Waals surface area (Å²) >= 11 is 0. The Labute approximate surface area is 122 Å². The van der Waals surface area contributed by atoms with E-state index in [2.05, 4.69) is 4.90 Å². The minimum absolute atomic E-state index is 0.302. The smallest absolute Gasteiger partial charge is 0.260 e. The second-order valence-corrected chi connectivity index (χ2v) is 5.52. The highest BCUT2D eigenvalue weighted by Crippen LogP contribution is 2.28. The number of methoxy groups -OCH3 is 1. The summed E-state index contributed by atoms with van der Waals surface area (Å²) in [6.07, 6.45) is 2.18. The van der Waals surface area contributed by atoms with E-state index in [0.717, 1.165) is 38.1 Å². The molecule has 2 aliphatic heterocycles. The zero-order valence-corrected chi connectivity index (χ0v) is 11.9. The van der Waals surface area contributed by atoms with E-state index in [1.54, 1.807) is 4.90 Å². The summed E-state index contributed by atoms with van der Waals surface area (Å²) < 4.78 is 32.6. The first-order valence-electron chi connectivity index (χ1n) is 7.17. The molecule has 2 fully saturated rings. The van der Waals surface area contributed by atoms with Crippen LogP contribution in [0.4, 0.5) is 8.78 Å². The average molecular weight is 296 g/mol. The first-order valence-corrected chi connectivity index (χ1v) is 7.17. The summed E-state index contributed by atoms with van der Waals surface area (Å²) in [6.45, 7) is 2.95. The Kier molecular flexibility index (Phi) is 3.80. The molecule has 21 heavy (non-hydrogen) atoms. The van der Waals surface area contributed by atoms with Crippen LogP contribution in [-0.2, 0) is 0 Å². The van der Waals surface area contributed by atoms with Gasteiger partial charge in [0.15, 0.2) is 11.6 Å². The molecule has 3 rings (SSSR count). The molecule has 1 atom stereocenters. The van der Waals surface area contributed by atoms with E-state index in [1.807, 2.05) is 0 Å². The van der Waals surface area contributed by atoms with E-state index in [4.69, 9.17) is 4.74 Å². The van der Waals surface area contributed by atoms with Crippen molar-refractivity contribution in [2.24, 2.45) is 0 Å². The van der Waals surface area contributed by atoms with Crippen molar-refractivity contribution in [3.05, 3.63) is 29.3 Å². The molecule has 0 aliphatic carbocycles. The lowest BCUT2D eigenvalue weighted by Gasteiger charge is -2.37. The summed E-state index contributed by atoms with van der Waals surface area (Å²) in [6, 6.07) is 2.28. The van der Waals surface area contributed by atoms with Crippen LogP contribution in [-0.4, -0.2) is 55.0 Å². The van der Waals surface area contributed by atoms with Crippen molar-refractivity contribution >= 4 is 5.91 Å². The monoisotopic (exact) mass is 296 g/mol. The Morgan fingerprint density at radius 2 is 2.00 bits per heavy atom. The van der Waals surface area contributed by atoms with Gasteiger partial charge in [-0.15, -0.1) is 0 Å². The lowest BCUT2D eigenvalue weighted by molar-refractivity contribution is 0.0562. The number of fused-ring (bicyclic) bond motifs is 1. The van der Waals surface area contributed by atoms with Gasteiger partial charge in [-0.05, 0) is 31.5 Å². The summed E-state index contributed by atoms with van der Waals surface area (Å²) in [4.78, 5) is 16.5. The minimum atomic E-state index is -0.743. The highest BCUT2D eigenvalue weighted by atomic mass is 19.1. The number of halogens is 2. The van der Waals surface area contributed by atoms with Crippen LogP contribution < -0.4 is 4.74 Å². The number of nitrogens with zero attached hydrogens (tertiary/aromatic N) is 2. The lowest BCUT2D eigenvalue weighted by atomic mass is 10.1. The maximum atomic E-state index is 14.0. The van der Waals surface area contributed by atoms with Crippen LogP contribution in [0.25, 0.3) is 0 Å². The van der Waals surface area contributed by atoms with E-state index in [-0.39, 0.29) is 11.3 Å². The quantitative estimate of drug-likeness (QED) is 0.835. The van der Waals surface area contributed by atoms with Gasteiger partial charge in [0.05, 0.1) is 7.11 Å². The predicted molar refractivity (Wildman–Crippen MR) is 73.4 cm³/mol. The van der Waals surface area contributed by atoms with Crippen LogP contribution >= 0.6 is 0 Å². The molecule has 0 aromatic heterocycles. The summed E-state index contributed by atoms with van der Waals surface area (Å²) in [5.74, 6) is -2.27. The zero-order valence-electron chi connectivity index (χ0n) is 11.9. The Balaban J connectivity index is 1.87.